The first kappa shape index (κ1) is 11.4. The predicted molar refractivity (Wildman–Crippen MR) is 63.2 cm³/mol. The lowest BCUT2D eigenvalue weighted by Crippen LogP contribution is -2.47. The molecule has 0 radical (unpaired) electrons. The topological polar surface area (TPSA) is 128 Å². The van der Waals surface area contributed by atoms with E-state index in [1.165, 1.54) is 6.34 Å². The molecule has 0 spiro atoms. The summed E-state index contributed by atoms with van der Waals surface area (Å²) in [5, 5.41) is 0. The summed E-state index contributed by atoms with van der Waals surface area (Å²) in [7, 11) is 0. The summed E-state index contributed by atoms with van der Waals surface area (Å²) in [6, 6.07) is 0. The number of esters is 1. The first-order valence-electron chi connectivity index (χ1n) is 5.05. The van der Waals surface area contributed by atoms with E-state index in [1.54, 1.807) is 6.92 Å². The Morgan fingerprint density at radius 3 is 3.00 bits per heavy atom. The van der Waals surface area contributed by atoms with Crippen LogP contribution in [0.4, 0.5) is 0 Å². The Hall–Kier alpha value is -2.09. The number of hydrogen-bond acceptors (Lipinski definition) is 8. The molecular formula is C9H12N6O2. The maximum absolute atomic E-state index is 11.4. The Kier molecular flexibility index (Phi) is 2.72. The van der Waals surface area contributed by atoms with Gasteiger partial charge in [-0.05, 0) is 6.92 Å². The van der Waals surface area contributed by atoms with E-state index in [2.05, 4.69) is 20.0 Å². The van der Waals surface area contributed by atoms with Crippen molar-refractivity contribution in [2.75, 3.05) is 6.61 Å². The Labute approximate surface area is 97.2 Å². The summed E-state index contributed by atoms with van der Waals surface area (Å²) in [6.45, 7) is 1.98. The van der Waals surface area contributed by atoms with Crippen molar-refractivity contribution in [1.29, 1.82) is 0 Å². The van der Waals surface area contributed by atoms with E-state index < -0.39 is 11.8 Å². The number of nitrogens with zero attached hydrogens (tertiary/aromatic N) is 4. The smallest absolute Gasteiger partial charge is 0.311 e. The number of ether oxygens (including phenoxy) is 1. The van der Waals surface area contributed by atoms with E-state index in [4.69, 9.17) is 16.2 Å². The summed E-state index contributed by atoms with van der Waals surface area (Å²) in [6.07, 6.45) is 1.13. The number of hydrogen-bond donors (Lipinski definition) is 2. The number of carbonyl (C=O) groups is 1. The maximum atomic E-state index is 11.4. The summed E-state index contributed by atoms with van der Waals surface area (Å²) >= 11 is 0. The van der Waals surface area contributed by atoms with Gasteiger partial charge in [0.1, 0.15) is 12.8 Å². The van der Waals surface area contributed by atoms with Crippen molar-refractivity contribution in [3.63, 3.8) is 0 Å². The molecule has 0 aromatic rings. The van der Waals surface area contributed by atoms with Crippen molar-refractivity contribution >= 4 is 29.7 Å². The fraction of sp³-hybridized carbons (Fsp3) is 0.444. The third-order valence-corrected chi connectivity index (χ3v) is 2.14. The van der Waals surface area contributed by atoms with Crippen LogP contribution in [-0.4, -0.2) is 42.1 Å². The highest BCUT2D eigenvalue weighted by molar-refractivity contribution is 6.70. The van der Waals surface area contributed by atoms with Crippen molar-refractivity contribution < 1.29 is 9.53 Å². The highest BCUT2D eigenvalue weighted by Gasteiger charge is 2.35. The average Bonchev–Trinajstić information content (AvgIpc) is 2.64. The van der Waals surface area contributed by atoms with E-state index >= 15 is 0 Å². The molecule has 0 aromatic heterocycles. The number of carbonyl (C=O) groups excluding carboxylic acids is 1. The largest absolute Gasteiger partial charge is 0.466 e. The second-order valence-corrected chi connectivity index (χ2v) is 3.52. The van der Waals surface area contributed by atoms with Gasteiger partial charge >= 0.3 is 5.97 Å². The molecule has 2 aliphatic heterocycles. The minimum absolute atomic E-state index is 0.124. The van der Waals surface area contributed by atoms with Crippen LogP contribution in [0.2, 0.25) is 0 Å². The second-order valence-electron chi connectivity index (χ2n) is 3.52. The molecule has 0 amide bonds. The molecule has 2 heterocycles. The zero-order chi connectivity index (χ0) is 12.5. The van der Waals surface area contributed by atoms with E-state index in [0.717, 1.165) is 0 Å². The quantitative estimate of drug-likeness (QED) is 0.596. The number of amidine groups is 2. The first-order valence-corrected chi connectivity index (χ1v) is 5.05. The molecule has 1 atom stereocenters. The fourth-order valence-corrected chi connectivity index (χ4v) is 1.50. The van der Waals surface area contributed by atoms with Gasteiger partial charge in [0, 0.05) is 0 Å². The van der Waals surface area contributed by atoms with Crippen LogP contribution in [0.15, 0.2) is 20.0 Å². The molecule has 0 fully saturated rings. The monoisotopic (exact) mass is 236 g/mol. The Bertz CT molecular complexity index is 478. The van der Waals surface area contributed by atoms with Crippen LogP contribution in [-0.2, 0) is 9.53 Å². The van der Waals surface area contributed by atoms with Crippen molar-refractivity contribution in [3.05, 3.63) is 0 Å². The average molecular weight is 236 g/mol. The Morgan fingerprint density at radius 1 is 1.53 bits per heavy atom. The summed E-state index contributed by atoms with van der Waals surface area (Å²) < 4.78 is 4.79. The van der Waals surface area contributed by atoms with Gasteiger partial charge in [-0.3, -0.25) is 10.5 Å². The van der Waals surface area contributed by atoms with E-state index in [1.807, 2.05) is 0 Å². The minimum Gasteiger partial charge on any atom is -0.466 e. The highest BCUT2D eigenvalue weighted by Crippen LogP contribution is 2.18. The molecule has 0 saturated heterocycles. The van der Waals surface area contributed by atoms with Gasteiger partial charge < -0.3 is 10.5 Å². The van der Waals surface area contributed by atoms with E-state index in [0.29, 0.717) is 11.5 Å². The molecule has 2 aliphatic rings. The molecule has 4 N–H and O–H groups in total. The number of nitrogens with two attached hydrogens (primary N) is 2. The van der Waals surface area contributed by atoms with Gasteiger partial charge in [0.25, 0.3) is 0 Å². The Morgan fingerprint density at radius 2 is 2.29 bits per heavy atom. The van der Waals surface area contributed by atoms with Gasteiger partial charge in [-0.15, -0.1) is 0 Å². The molecule has 0 saturated carbocycles. The van der Waals surface area contributed by atoms with Crippen molar-refractivity contribution in [2.45, 2.75) is 19.1 Å². The van der Waals surface area contributed by atoms with Crippen LogP contribution in [0.5, 0.6) is 0 Å². The van der Waals surface area contributed by atoms with Gasteiger partial charge in [0.2, 0.25) is 5.79 Å². The van der Waals surface area contributed by atoms with Crippen LogP contribution >= 0.6 is 0 Å². The number of aliphatic imine (C=N–C) groups is 4. The lowest BCUT2D eigenvalue weighted by Gasteiger charge is -2.23. The van der Waals surface area contributed by atoms with Crippen molar-refractivity contribution in [3.8, 4) is 0 Å². The summed E-state index contributed by atoms with van der Waals surface area (Å²) in [4.78, 5) is 27.1. The molecule has 8 heteroatoms. The van der Waals surface area contributed by atoms with Gasteiger partial charge in [0.05, 0.1) is 6.61 Å². The van der Waals surface area contributed by atoms with Gasteiger partial charge in [-0.1, -0.05) is 0 Å². The standard InChI is InChI=1S/C9H12N6O2/c1-2-17-5(16)3-9(11)14-7(10)6-8(15-9)13-4-12-6/h4H,2-3,11H2,1H3,(H2,10,14). The van der Waals surface area contributed by atoms with Gasteiger partial charge in [-0.25, -0.2) is 20.0 Å². The molecular weight excluding hydrogens is 224 g/mol. The summed E-state index contributed by atoms with van der Waals surface area (Å²) in [5.74, 6) is -1.52. The van der Waals surface area contributed by atoms with Crippen molar-refractivity contribution in [1.82, 2.24) is 0 Å². The predicted octanol–water partition coefficient (Wildman–Crippen LogP) is -1.20. The third kappa shape index (κ3) is 2.21. The van der Waals surface area contributed by atoms with Gasteiger partial charge in [0.15, 0.2) is 17.4 Å². The lowest BCUT2D eigenvalue weighted by molar-refractivity contribution is -0.144. The molecule has 0 aromatic carbocycles. The third-order valence-electron chi connectivity index (χ3n) is 2.14. The highest BCUT2D eigenvalue weighted by atomic mass is 16.5. The van der Waals surface area contributed by atoms with Crippen LogP contribution in [0, 0.1) is 0 Å². The van der Waals surface area contributed by atoms with Gasteiger partial charge in [-0.2, -0.15) is 0 Å². The SMILES string of the molecule is CCOC(=O)CC1(N)N=C(N)C2=NC=NC2=N1. The van der Waals surface area contributed by atoms with Crippen LogP contribution < -0.4 is 11.5 Å². The van der Waals surface area contributed by atoms with E-state index in [-0.39, 0.29) is 18.9 Å². The van der Waals surface area contributed by atoms with E-state index in [9.17, 15) is 4.79 Å². The molecule has 0 bridgehead atoms. The molecule has 90 valence electrons. The van der Waals surface area contributed by atoms with Crippen molar-refractivity contribution in [2.24, 2.45) is 31.4 Å². The van der Waals surface area contributed by atoms with Crippen LogP contribution in [0.25, 0.3) is 0 Å². The zero-order valence-electron chi connectivity index (χ0n) is 9.25. The van der Waals surface area contributed by atoms with Crippen LogP contribution in [0.1, 0.15) is 13.3 Å². The molecule has 17 heavy (non-hydrogen) atoms. The number of fused-ring (bicyclic) bond motifs is 1. The first-order chi connectivity index (χ1) is 8.04. The Balaban J connectivity index is 2.21. The summed E-state index contributed by atoms with van der Waals surface area (Å²) in [5.41, 5.74) is 11.9. The lowest BCUT2D eigenvalue weighted by atomic mass is 10.2. The second kappa shape index (κ2) is 4.06. The van der Waals surface area contributed by atoms with Crippen LogP contribution in [0.3, 0.4) is 0 Å². The minimum atomic E-state index is -1.45. The molecule has 2 rings (SSSR count). The zero-order valence-corrected chi connectivity index (χ0v) is 9.25. The molecule has 8 nitrogen and oxygen atoms in total. The molecule has 1 unspecified atom stereocenters. The normalized spacial score (nSPS) is 25.9. The number of rotatable bonds is 3. The molecule has 0 aliphatic carbocycles. The maximum Gasteiger partial charge on any atom is 0.311 e. The fourth-order valence-electron chi connectivity index (χ4n) is 1.50.